The number of hydrogen-bond acceptors (Lipinski definition) is 5. The Bertz CT molecular complexity index is 779. The van der Waals surface area contributed by atoms with Crippen LogP contribution in [0.3, 0.4) is 0 Å². The summed E-state index contributed by atoms with van der Waals surface area (Å²) in [5.41, 5.74) is 0.859. The van der Waals surface area contributed by atoms with Gasteiger partial charge in [0.25, 0.3) is 0 Å². The van der Waals surface area contributed by atoms with Crippen molar-refractivity contribution in [2.24, 2.45) is 0 Å². The summed E-state index contributed by atoms with van der Waals surface area (Å²) in [4.78, 5) is 0. The van der Waals surface area contributed by atoms with Gasteiger partial charge in [0.15, 0.2) is 0 Å². The van der Waals surface area contributed by atoms with Crippen LogP contribution in [0.5, 0.6) is 5.75 Å². The van der Waals surface area contributed by atoms with Crippen molar-refractivity contribution in [2.75, 3.05) is 12.4 Å². The molecule has 3 rings (SSSR count). The molecule has 0 saturated heterocycles. The molecule has 5 nitrogen and oxygen atoms in total. The smallest absolute Gasteiger partial charge is 0.214 e. The van der Waals surface area contributed by atoms with Crippen LogP contribution in [0.4, 0.5) is 0 Å². The van der Waals surface area contributed by atoms with Crippen molar-refractivity contribution >= 4 is 35.0 Å². The van der Waals surface area contributed by atoms with Gasteiger partial charge in [-0.25, -0.2) is 0 Å². The van der Waals surface area contributed by atoms with Crippen LogP contribution in [0.1, 0.15) is 0 Å². The van der Waals surface area contributed by atoms with Gasteiger partial charge in [-0.05, 0) is 52.9 Å². The number of benzene rings is 2. The molecule has 0 unspecified atom stereocenters. The van der Waals surface area contributed by atoms with Gasteiger partial charge in [-0.2, -0.15) is 4.68 Å². The SMILES string of the molecule is Clc1ccc(-n2nnnc2SCCOc2cccc(Cl)c2)cc1. The zero-order valence-electron chi connectivity index (χ0n) is 11.9. The summed E-state index contributed by atoms with van der Waals surface area (Å²) in [6.45, 7) is 0.526. The quantitative estimate of drug-likeness (QED) is 0.484. The van der Waals surface area contributed by atoms with Crippen molar-refractivity contribution < 1.29 is 4.74 Å². The molecule has 0 amide bonds. The van der Waals surface area contributed by atoms with E-state index in [-0.39, 0.29) is 0 Å². The molecule has 0 saturated carbocycles. The van der Waals surface area contributed by atoms with Gasteiger partial charge in [0.05, 0.1) is 12.3 Å². The molecule has 1 heterocycles. The van der Waals surface area contributed by atoms with E-state index in [1.807, 2.05) is 30.3 Å². The largest absolute Gasteiger partial charge is 0.493 e. The Morgan fingerprint density at radius 3 is 2.65 bits per heavy atom. The number of thioether (sulfide) groups is 1. The molecule has 0 radical (unpaired) electrons. The number of nitrogens with zero attached hydrogens (tertiary/aromatic N) is 4. The molecule has 0 fully saturated rings. The zero-order valence-corrected chi connectivity index (χ0v) is 14.2. The van der Waals surface area contributed by atoms with E-state index >= 15 is 0 Å². The van der Waals surface area contributed by atoms with E-state index in [4.69, 9.17) is 27.9 Å². The lowest BCUT2D eigenvalue weighted by atomic mass is 10.3. The minimum absolute atomic E-state index is 0.526. The number of ether oxygens (including phenoxy) is 1. The fraction of sp³-hybridized carbons (Fsp3) is 0.133. The van der Waals surface area contributed by atoms with Crippen LogP contribution in [-0.2, 0) is 0 Å². The minimum atomic E-state index is 0.526. The molecule has 2 aromatic carbocycles. The van der Waals surface area contributed by atoms with E-state index < -0.39 is 0 Å². The van der Waals surface area contributed by atoms with Crippen LogP contribution >= 0.6 is 35.0 Å². The summed E-state index contributed by atoms with van der Waals surface area (Å²) >= 11 is 13.3. The molecule has 0 aliphatic rings. The van der Waals surface area contributed by atoms with Crippen LogP contribution < -0.4 is 4.74 Å². The third kappa shape index (κ3) is 4.37. The Hall–Kier alpha value is -1.76. The molecule has 0 spiro atoms. The molecule has 3 aromatic rings. The minimum Gasteiger partial charge on any atom is -0.493 e. The second kappa shape index (κ2) is 7.68. The number of halogens is 2. The maximum atomic E-state index is 5.91. The molecule has 0 aliphatic carbocycles. The van der Waals surface area contributed by atoms with Crippen LogP contribution in [-0.4, -0.2) is 32.6 Å². The van der Waals surface area contributed by atoms with Crippen LogP contribution in [0.25, 0.3) is 5.69 Å². The number of rotatable bonds is 6. The molecular weight excluding hydrogens is 355 g/mol. The first-order valence-corrected chi connectivity index (χ1v) is 8.52. The summed E-state index contributed by atoms with van der Waals surface area (Å²) in [5.74, 6) is 1.45. The molecule has 0 aliphatic heterocycles. The fourth-order valence-electron chi connectivity index (χ4n) is 1.86. The maximum absolute atomic E-state index is 5.91. The Labute approximate surface area is 147 Å². The zero-order chi connectivity index (χ0) is 16.1. The van der Waals surface area contributed by atoms with Gasteiger partial charge in [-0.15, -0.1) is 5.10 Å². The van der Waals surface area contributed by atoms with E-state index in [1.54, 1.807) is 22.9 Å². The summed E-state index contributed by atoms with van der Waals surface area (Å²) < 4.78 is 7.31. The normalized spacial score (nSPS) is 10.7. The number of hydrogen-bond donors (Lipinski definition) is 0. The Morgan fingerprint density at radius 2 is 1.87 bits per heavy atom. The lowest BCUT2D eigenvalue weighted by molar-refractivity contribution is 0.344. The molecule has 23 heavy (non-hydrogen) atoms. The predicted octanol–water partition coefficient (Wildman–Crippen LogP) is 4.14. The average Bonchev–Trinajstić information content (AvgIpc) is 3.01. The van der Waals surface area contributed by atoms with Gasteiger partial charge < -0.3 is 4.74 Å². The fourth-order valence-corrected chi connectivity index (χ4v) is 2.88. The number of tetrazole rings is 1. The second-order valence-corrected chi connectivity index (χ2v) is 6.44. The number of aromatic nitrogens is 4. The lowest BCUT2D eigenvalue weighted by Gasteiger charge is -2.06. The van der Waals surface area contributed by atoms with Crippen molar-refractivity contribution in [1.82, 2.24) is 20.2 Å². The highest BCUT2D eigenvalue weighted by molar-refractivity contribution is 7.99. The molecule has 0 N–H and O–H groups in total. The highest BCUT2D eigenvalue weighted by Gasteiger charge is 2.09. The highest BCUT2D eigenvalue weighted by atomic mass is 35.5. The highest BCUT2D eigenvalue weighted by Crippen LogP contribution is 2.21. The topological polar surface area (TPSA) is 52.8 Å². The standard InChI is InChI=1S/C15H12Cl2N4OS/c16-11-4-6-13(7-5-11)21-15(18-19-20-21)23-9-8-22-14-3-1-2-12(17)10-14/h1-7,10H,8-9H2. The van der Waals surface area contributed by atoms with E-state index in [2.05, 4.69) is 15.5 Å². The van der Waals surface area contributed by atoms with Crippen molar-refractivity contribution in [3.05, 3.63) is 58.6 Å². The van der Waals surface area contributed by atoms with Crippen LogP contribution in [0.15, 0.2) is 53.7 Å². The summed E-state index contributed by atoms with van der Waals surface area (Å²) in [5, 5.41) is 13.8. The van der Waals surface area contributed by atoms with Crippen LogP contribution in [0.2, 0.25) is 10.0 Å². The maximum Gasteiger partial charge on any atom is 0.214 e. The monoisotopic (exact) mass is 366 g/mol. The third-order valence-corrected chi connectivity index (χ3v) is 4.26. The Balaban J connectivity index is 1.57. The van der Waals surface area contributed by atoms with Crippen LogP contribution in [0, 0.1) is 0 Å². The molecule has 8 heteroatoms. The predicted molar refractivity (Wildman–Crippen MR) is 91.8 cm³/mol. The van der Waals surface area contributed by atoms with Gasteiger partial charge >= 0.3 is 0 Å². The van der Waals surface area contributed by atoms with E-state index in [0.717, 1.165) is 11.4 Å². The van der Waals surface area contributed by atoms with Gasteiger partial charge in [-0.1, -0.05) is 41.0 Å². The van der Waals surface area contributed by atoms with Gasteiger partial charge in [0.2, 0.25) is 5.16 Å². The van der Waals surface area contributed by atoms with Crippen molar-refractivity contribution in [3.63, 3.8) is 0 Å². The van der Waals surface area contributed by atoms with E-state index in [0.29, 0.717) is 27.6 Å². The Morgan fingerprint density at radius 1 is 1.04 bits per heavy atom. The molecule has 0 atom stereocenters. The van der Waals surface area contributed by atoms with Crippen molar-refractivity contribution in [1.29, 1.82) is 0 Å². The lowest BCUT2D eigenvalue weighted by Crippen LogP contribution is -2.03. The summed E-state index contributed by atoms with van der Waals surface area (Å²) in [7, 11) is 0. The molecular formula is C15H12Cl2N4OS. The second-order valence-electron chi connectivity index (χ2n) is 4.50. The van der Waals surface area contributed by atoms with Gasteiger partial charge in [0, 0.05) is 15.8 Å². The van der Waals surface area contributed by atoms with Gasteiger partial charge in [0.1, 0.15) is 5.75 Å². The van der Waals surface area contributed by atoms with E-state index in [9.17, 15) is 0 Å². The van der Waals surface area contributed by atoms with Gasteiger partial charge in [-0.3, -0.25) is 0 Å². The van der Waals surface area contributed by atoms with Crippen molar-refractivity contribution in [2.45, 2.75) is 5.16 Å². The van der Waals surface area contributed by atoms with Crippen molar-refractivity contribution in [3.8, 4) is 11.4 Å². The molecule has 0 bridgehead atoms. The summed E-state index contributed by atoms with van der Waals surface area (Å²) in [6.07, 6.45) is 0. The Kier molecular flexibility index (Phi) is 5.38. The molecule has 118 valence electrons. The van der Waals surface area contributed by atoms with E-state index in [1.165, 1.54) is 11.8 Å². The summed E-state index contributed by atoms with van der Waals surface area (Å²) in [6, 6.07) is 14.6. The first kappa shape index (κ1) is 16.1. The first-order chi connectivity index (χ1) is 11.2. The first-order valence-electron chi connectivity index (χ1n) is 6.78. The average molecular weight is 367 g/mol. The molecule has 1 aromatic heterocycles. The third-order valence-electron chi connectivity index (χ3n) is 2.89.